The van der Waals surface area contributed by atoms with Gasteiger partial charge in [-0.05, 0) is 0 Å². The number of ether oxygens (including phenoxy) is 1. The van der Waals surface area contributed by atoms with Crippen LogP contribution in [-0.2, 0) is 19.1 Å². The first kappa shape index (κ1) is 9.59. The average molecular weight is 191 g/mol. The second-order valence-electron chi connectivity index (χ2n) is 2.32. The Morgan fingerprint density at radius 1 is 1.46 bits per heavy atom. The van der Waals surface area contributed by atoms with Gasteiger partial charge in [-0.15, -0.1) is 0 Å². The highest BCUT2D eigenvalue weighted by Gasteiger charge is 2.37. The van der Waals surface area contributed by atoms with Gasteiger partial charge in [-0.1, -0.05) is 0 Å². The standard InChI is InChI=1S/C6H6FNO5/c7-5(6(11)12)8-3(9)1-13-2-4(8)10/h5H,1-2H2,(H,11,12). The molecule has 0 aromatic rings. The molecule has 1 saturated heterocycles. The summed E-state index contributed by atoms with van der Waals surface area (Å²) in [4.78, 5) is 31.8. The molecule has 0 aliphatic carbocycles. The predicted octanol–water partition coefficient (Wildman–Crippen LogP) is -1.25. The quantitative estimate of drug-likeness (QED) is 0.435. The number of carboxylic acids is 1. The number of rotatable bonds is 2. The zero-order valence-corrected chi connectivity index (χ0v) is 6.40. The molecule has 2 amide bonds. The van der Waals surface area contributed by atoms with E-state index in [1.54, 1.807) is 0 Å². The highest BCUT2D eigenvalue weighted by molar-refractivity contribution is 6.01. The lowest BCUT2D eigenvalue weighted by Gasteiger charge is -2.25. The Labute approximate surface area is 71.9 Å². The minimum atomic E-state index is -2.62. The molecule has 0 spiro atoms. The van der Waals surface area contributed by atoms with E-state index in [-0.39, 0.29) is 4.90 Å². The Bertz CT molecular complexity index is 250. The molecule has 1 aliphatic rings. The molecule has 6 nitrogen and oxygen atoms in total. The summed E-state index contributed by atoms with van der Waals surface area (Å²) < 4.78 is 17.2. The van der Waals surface area contributed by atoms with Crippen molar-refractivity contribution in [3.05, 3.63) is 0 Å². The minimum Gasteiger partial charge on any atom is -0.478 e. The number of alkyl halides is 1. The lowest BCUT2D eigenvalue weighted by Crippen LogP contribution is -2.52. The summed E-state index contributed by atoms with van der Waals surface area (Å²) in [6.07, 6.45) is -2.62. The fourth-order valence-corrected chi connectivity index (χ4v) is 0.867. The molecular formula is C6H6FNO5. The highest BCUT2D eigenvalue weighted by Crippen LogP contribution is 2.08. The van der Waals surface area contributed by atoms with Crippen LogP contribution in [0.25, 0.3) is 0 Å². The van der Waals surface area contributed by atoms with Gasteiger partial charge >= 0.3 is 5.97 Å². The Balaban J connectivity index is 2.80. The lowest BCUT2D eigenvalue weighted by atomic mass is 10.3. The van der Waals surface area contributed by atoms with Gasteiger partial charge in [0.1, 0.15) is 13.2 Å². The van der Waals surface area contributed by atoms with Crippen molar-refractivity contribution < 1.29 is 28.6 Å². The largest absolute Gasteiger partial charge is 0.478 e. The zero-order valence-electron chi connectivity index (χ0n) is 6.40. The van der Waals surface area contributed by atoms with E-state index in [0.29, 0.717) is 0 Å². The zero-order chi connectivity index (χ0) is 10.0. The number of hydrogen-bond donors (Lipinski definition) is 1. The van der Waals surface area contributed by atoms with Crippen molar-refractivity contribution in [3.8, 4) is 0 Å². The number of hydrogen-bond acceptors (Lipinski definition) is 4. The molecule has 13 heavy (non-hydrogen) atoms. The number of nitrogens with zero attached hydrogens (tertiary/aromatic N) is 1. The maximum Gasteiger partial charge on any atom is 0.360 e. The van der Waals surface area contributed by atoms with E-state index in [2.05, 4.69) is 4.74 Å². The van der Waals surface area contributed by atoms with Crippen molar-refractivity contribution in [2.75, 3.05) is 13.2 Å². The summed E-state index contributed by atoms with van der Waals surface area (Å²) in [6, 6.07) is 0. The molecule has 0 saturated carbocycles. The van der Waals surface area contributed by atoms with Crippen molar-refractivity contribution in [3.63, 3.8) is 0 Å². The van der Waals surface area contributed by atoms with Crippen LogP contribution in [0.4, 0.5) is 4.39 Å². The first-order chi connectivity index (χ1) is 6.04. The van der Waals surface area contributed by atoms with Crippen LogP contribution in [0, 0.1) is 0 Å². The van der Waals surface area contributed by atoms with Crippen molar-refractivity contribution >= 4 is 17.8 Å². The van der Waals surface area contributed by atoms with E-state index < -0.39 is 37.3 Å². The van der Waals surface area contributed by atoms with Crippen LogP contribution in [0.3, 0.4) is 0 Å². The molecule has 1 heterocycles. The van der Waals surface area contributed by atoms with Gasteiger partial charge in [0.15, 0.2) is 0 Å². The third-order valence-electron chi connectivity index (χ3n) is 1.42. The molecule has 1 fully saturated rings. The van der Waals surface area contributed by atoms with Crippen molar-refractivity contribution in [2.45, 2.75) is 6.30 Å². The maximum absolute atomic E-state index is 12.7. The molecule has 1 aliphatic heterocycles. The Kier molecular flexibility index (Phi) is 2.57. The third-order valence-corrected chi connectivity index (χ3v) is 1.42. The second-order valence-corrected chi connectivity index (χ2v) is 2.32. The number of morpholine rings is 1. The van der Waals surface area contributed by atoms with Gasteiger partial charge in [0, 0.05) is 0 Å². The maximum atomic E-state index is 12.7. The predicted molar refractivity (Wildman–Crippen MR) is 35.2 cm³/mol. The Hall–Kier alpha value is -1.50. The van der Waals surface area contributed by atoms with Crippen LogP contribution in [-0.4, -0.2) is 47.3 Å². The van der Waals surface area contributed by atoms with Crippen LogP contribution in [0.1, 0.15) is 0 Å². The van der Waals surface area contributed by atoms with E-state index in [0.717, 1.165) is 0 Å². The molecule has 72 valence electrons. The summed E-state index contributed by atoms with van der Waals surface area (Å²) in [7, 11) is 0. The summed E-state index contributed by atoms with van der Waals surface area (Å²) >= 11 is 0. The molecule has 1 atom stereocenters. The van der Waals surface area contributed by atoms with Gasteiger partial charge < -0.3 is 9.84 Å². The van der Waals surface area contributed by atoms with Crippen molar-refractivity contribution in [2.24, 2.45) is 0 Å². The van der Waals surface area contributed by atoms with E-state index in [1.165, 1.54) is 0 Å². The number of halogens is 1. The van der Waals surface area contributed by atoms with Gasteiger partial charge in [-0.3, -0.25) is 9.59 Å². The topological polar surface area (TPSA) is 83.9 Å². The molecule has 7 heteroatoms. The molecule has 1 rings (SSSR count). The van der Waals surface area contributed by atoms with Crippen molar-refractivity contribution in [1.29, 1.82) is 0 Å². The summed E-state index contributed by atoms with van der Waals surface area (Å²) in [5.74, 6) is -3.83. The first-order valence-corrected chi connectivity index (χ1v) is 3.33. The normalized spacial score (nSPS) is 20.2. The molecule has 0 bridgehead atoms. The fraction of sp³-hybridized carbons (Fsp3) is 0.500. The monoisotopic (exact) mass is 191 g/mol. The SMILES string of the molecule is O=C(O)C(F)N1C(=O)COCC1=O. The van der Waals surface area contributed by atoms with Gasteiger partial charge in [0.25, 0.3) is 18.1 Å². The summed E-state index contributed by atoms with van der Waals surface area (Å²) in [5.41, 5.74) is 0. The Morgan fingerprint density at radius 2 is 1.92 bits per heavy atom. The van der Waals surface area contributed by atoms with E-state index >= 15 is 0 Å². The number of amides is 2. The first-order valence-electron chi connectivity index (χ1n) is 3.33. The Morgan fingerprint density at radius 3 is 2.31 bits per heavy atom. The molecular weight excluding hydrogens is 185 g/mol. The van der Waals surface area contributed by atoms with E-state index in [4.69, 9.17) is 5.11 Å². The van der Waals surface area contributed by atoms with Crippen molar-refractivity contribution in [1.82, 2.24) is 4.90 Å². The second kappa shape index (κ2) is 3.48. The number of carbonyl (C=O) groups excluding carboxylic acids is 2. The highest BCUT2D eigenvalue weighted by atomic mass is 19.1. The lowest BCUT2D eigenvalue weighted by molar-refractivity contribution is -0.174. The smallest absolute Gasteiger partial charge is 0.360 e. The van der Waals surface area contributed by atoms with Crippen LogP contribution >= 0.6 is 0 Å². The van der Waals surface area contributed by atoms with Crippen LogP contribution in [0.2, 0.25) is 0 Å². The number of carbonyl (C=O) groups is 3. The van der Waals surface area contributed by atoms with E-state index in [1.807, 2.05) is 0 Å². The van der Waals surface area contributed by atoms with Gasteiger partial charge in [0.05, 0.1) is 0 Å². The number of aliphatic carboxylic acids is 1. The molecule has 1 unspecified atom stereocenters. The minimum absolute atomic E-state index is 0.0475. The van der Waals surface area contributed by atoms with Crippen LogP contribution in [0.15, 0.2) is 0 Å². The van der Waals surface area contributed by atoms with Gasteiger partial charge in [-0.2, -0.15) is 0 Å². The number of carboxylic acid groups (broad SMARTS) is 1. The van der Waals surface area contributed by atoms with Crippen LogP contribution in [0.5, 0.6) is 0 Å². The molecule has 1 N–H and O–H groups in total. The summed E-state index contributed by atoms with van der Waals surface area (Å²) in [5, 5.41) is 8.21. The van der Waals surface area contributed by atoms with E-state index in [9.17, 15) is 18.8 Å². The third kappa shape index (κ3) is 1.81. The molecule has 0 aromatic carbocycles. The van der Waals surface area contributed by atoms with Crippen LogP contribution < -0.4 is 0 Å². The van der Waals surface area contributed by atoms with Gasteiger partial charge in [-0.25, -0.2) is 14.1 Å². The summed E-state index contributed by atoms with van der Waals surface area (Å²) in [6.45, 7) is -0.946. The average Bonchev–Trinajstić information content (AvgIpc) is 2.03. The molecule has 0 radical (unpaired) electrons. The molecule has 0 aromatic heterocycles. The fourth-order valence-electron chi connectivity index (χ4n) is 0.867. The number of imide groups is 1. The van der Waals surface area contributed by atoms with Gasteiger partial charge in [0.2, 0.25) is 0 Å².